The third-order valence-corrected chi connectivity index (χ3v) is 11.3. The summed E-state index contributed by atoms with van der Waals surface area (Å²) in [5, 5.41) is 8.83. The summed E-state index contributed by atoms with van der Waals surface area (Å²) in [7, 11) is 1.48. The summed E-state index contributed by atoms with van der Waals surface area (Å²) in [6.45, 7) is 7.43. The molecule has 0 unspecified atom stereocenters. The Labute approximate surface area is 210 Å². The Morgan fingerprint density at radius 3 is 2.31 bits per heavy atom. The SMILES string of the molecule is COC(=O)CC[C@@H](C)[C@@H]1CC[C@@H]2[C@H]3CC[C@H]4C[C@@H](OC(=O)CCC(=O)O)CC[C@]4(C)[C@@H]3CC[C@]21C. The molecule has 0 heterocycles. The minimum absolute atomic E-state index is 0.0298. The summed E-state index contributed by atoms with van der Waals surface area (Å²) in [6.07, 6.45) is 11.9. The third kappa shape index (κ3) is 5.13. The van der Waals surface area contributed by atoms with Crippen molar-refractivity contribution >= 4 is 17.9 Å². The van der Waals surface area contributed by atoms with E-state index >= 15 is 0 Å². The third-order valence-electron chi connectivity index (χ3n) is 11.3. The number of carbonyl (C=O) groups excluding carboxylic acids is 2. The molecule has 0 saturated heterocycles. The van der Waals surface area contributed by atoms with Crippen LogP contribution in [0, 0.1) is 46.3 Å². The Hall–Kier alpha value is -1.59. The van der Waals surface area contributed by atoms with E-state index in [1.807, 2.05) is 0 Å². The van der Waals surface area contributed by atoms with Crippen LogP contribution >= 0.6 is 0 Å². The summed E-state index contributed by atoms with van der Waals surface area (Å²) < 4.78 is 10.6. The highest BCUT2D eigenvalue weighted by atomic mass is 16.5. The Bertz CT molecular complexity index is 809. The molecule has 0 aromatic heterocycles. The molecule has 35 heavy (non-hydrogen) atoms. The van der Waals surface area contributed by atoms with Crippen molar-refractivity contribution < 1.29 is 29.0 Å². The lowest BCUT2D eigenvalue weighted by Crippen LogP contribution is -2.54. The van der Waals surface area contributed by atoms with Crippen molar-refractivity contribution in [2.24, 2.45) is 46.3 Å². The second-order valence-corrected chi connectivity index (χ2v) is 12.8. The van der Waals surface area contributed by atoms with Gasteiger partial charge in [0.2, 0.25) is 0 Å². The van der Waals surface area contributed by atoms with E-state index in [2.05, 4.69) is 20.8 Å². The van der Waals surface area contributed by atoms with E-state index in [1.54, 1.807) is 0 Å². The molecule has 6 heteroatoms. The normalized spacial score (nSPS) is 41.1. The molecule has 0 spiro atoms. The van der Waals surface area contributed by atoms with Gasteiger partial charge in [-0.15, -0.1) is 0 Å². The van der Waals surface area contributed by atoms with Gasteiger partial charge in [-0.05, 0) is 111 Å². The van der Waals surface area contributed by atoms with Gasteiger partial charge in [-0.2, -0.15) is 0 Å². The Morgan fingerprint density at radius 2 is 1.60 bits per heavy atom. The largest absolute Gasteiger partial charge is 0.481 e. The highest BCUT2D eigenvalue weighted by Gasteiger charge is 2.60. The molecule has 4 fully saturated rings. The van der Waals surface area contributed by atoms with Crippen molar-refractivity contribution in [1.82, 2.24) is 0 Å². The number of carboxylic acid groups (broad SMARTS) is 1. The number of fused-ring (bicyclic) bond motifs is 5. The van der Waals surface area contributed by atoms with E-state index in [0.717, 1.165) is 43.4 Å². The first kappa shape index (κ1) is 26.5. The molecule has 0 bridgehead atoms. The van der Waals surface area contributed by atoms with Gasteiger partial charge in [-0.1, -0.05) is 20.8 Å². The van der Waals surface area contributed by atoms with Crippen LogP contribution in [0.3, 0.4) is 0 Å². The maximum atomic E-state index is 12.1. The van der Waals surface area contributed by atoms with Crippen LogP contribution in [0.15, 0.2) is 0 Å². The summed E-state index contributed by atoms with van der Waals surface area (Å²) in [6, 6.07) is 0. The second kappa shape index (κ2) is 10.4. The van der Waals surface area contributed by atoms with E-state index in [0.29, 0.717) is 35.0 Å². The lowest BCUT2D eigenvalue weighted by Gasteiger charge is -2.61. The highest BCUT2D eigenvalue weighted by molar-refractivity contribution is 5.76. The van der Waals surface area contributed by atoms with Crippen LogP contribution in [0.1, 0.15) is 104 Å². The molecule has 6 nitrogen and oxygen atoms in total. The molecule has 0 radical (unpaired) electrons. The summed E-state index contributed by atoms with van der Waals surface area (Å²) in [5.74, 6) is 2.79. The van der Waals surface area contributed by atoms with Gasteiger partial charge < -0.3 is 14.6 Å². The number of rotatable bonds is 8. The van der Waals surface area contributed by atoms with Crippen LogP contribution in [-0.2, 0) is 23.9 Å². The zero-order valence-corrected chi connectivity index (χ0v) is 22.2. The number of carboxylic acids is 1. The van der Waals surface area contributed by atoms with Gasteiger partial charge in [0, 0.05) is 6.42 Å². The van der Waals surface area contributed by atoms with Gasteiger partial charge in [0.05, 0.1) is 20.0 Å². The number of carbonyl (C=O) groups is 3. The van der Waals surface area contributed by atoms with Gasteiger partial charge in [0.15, 0.2) is 0 Å². The first-order valence-electron chi connectivity index (χ1n) is 14.1. The molecule has 4 saturated carbocycles. The fourth-order valence-corrected chi connectivity index (χ4v) is 9.40. The summed E-state index contributed by atoms with van der Waals surface area (Å²) in [4.78, 5) is 34.6. The van der Waals surface area contributed by atoms with E-state index in [1.165, 1.54) is 45.6 Å². The Kier molecular flexibility index (Phi) is 7.88. The van der Waals surface area contributed by atoms with Crippen LogP contribution < -0.4 is 0 Å². The van der Waals surface area contributed by atoms with E-state index in [-0.39, 0.29) is 30.9 Å². The van der Waals surface area contributed by atoms with Gasteiger partial charge in [0.25, 0.3) is 0 Å². The number of ether oxygens (including phenoxy) is 2. The first-order valence-corrected chi connectivity index (χ1v) is 14.1. The zero-order chi connectivity index (χ0) is 25.4. The minimum atomic E-state index is -0.951. The molecule has 9 atom stereocenters. The zero-order valence-electron chi connectivity index (χ0n) is 22.2. The van der Waals surface area contributed by atoms with Crippen molar-refractivity contribution in [1.29, 1.82) is 0 Å². The van der Waals surface area contributed by atoms with Crippen LogP contribution in [0.5, 0.6) is 0 Å². The van der Waals surface area contributed by atoms with Crippen molar-refractivity contribution in [2.75, 3.05) is 7.11 Å². The van der Waals surface area contributed by atoms with Gasteiger partial charge >= 0.3 is 17.9 Å². The van der Waals surface area contributed by atoms with Gasteiger partial charge in [0.1, 0.15) is 6.10 Å². The van der Waals surface area contributed by atoms with E-state index in [9.17, 15) is 14.4 Å². The smallest absolute Gasteiger partial charge is 0.306 e. The van der Waals surface area contributed by atoms with Crippen molar-refractivity contribution in [3.63, 3.8) is 0 Å². The Balaban J connectivity index is 1.38. The van der Waals surface area contributed by atoms with Crippen molar-refractivity contribution in [3.8, 4) is 0 Å². The quantitative estimate of drug-likeness (QED) is 0.419. The predicted octanol–water partition coefficient (Wildman–Crippen LogP) is 6.01. The van der Waals surface area contributed by atoms with Gasteiger partial charge in [-0.3, -0.25) is 14.4 Å². The van der Waals surface area contributed by atoms with E-state index < -0.39 is 5.97 Å². The fraction of sp³-hybridized carbons (Fsp3) is 0.897. The standard InChI is InChI=1S/C29H46O6/c1-18(5-11-26(32)34-4)22-8-9-23-21-7-6-19-17-20(35-27(33)12-10-25(30)31)13-15-28(19,2)24(21)14-16-29(22,23)3/h18-24H,5-17H2,1-4H3,(H,30,31)/t18-,19+,20+,21-,22+,23-,24-,28+,29+/m1/s1. The average Bonchev–Trinajstić information content (AvgIpc) is 3.18. The number of esters is 2. The van der Waals surface area contributed by atoms with Crippen LogP contribution in [-0.4, -0.2) is 36.2 Å². The van der Waals surface area contributed by atoms with Crippen molar-refractivity contribution in [2.45, 2.75) is 110 Å². The number of hydrogen-bond donors (Lipinski definition) is 1. The second-order valence-electron chi connectivity index (χ2n) is 12.8. The molecular formula is C29H46O6. The maximum absolute atomic E-state index is 12.1. The highest BCUT2D eigenvalue weighted by Crippen LogP contribution is 2.68. The van der Waals surface area contributed by atoms with E-state index in [4.69, 9.17) is 14.6 Å². The average molecular weight is 491 g/mol. The maximum Gasteiger partial charge on any atom is 0.306 e. The van der Waals surface area contributed by atoms with Crippen LogP contribution in [0.4, 0.5) is 0 Å². The molecule has 4 aliphatic rings. The van der Waals surface area contributed by atoms with Crippen LogP contribution in [0.25, 0.3) is 0 Å². The predicted molar refractivity (Wildman–Crippen MR) is 132 cm³/mol. The molecule has 1 N–H and O–H groups in total. The molecule has 0 amide bonds. The molecule has 198 valence electrons. The molecule has 0 aliphatic heterocycles. The Morgan fingerprint density at radius 1 is 0.886 bits per heavy atom. The molecule has 0 aromatic rings. The van der Waals surface area contributed by atoms with Crippen LogP contribution in [0.2, 0.25) is 0 Å². The summed E-state index contributed by atoms with van der Waals surface area (Å²) >= 11 is 0. The molecule has 0 aromatic carbocycles. The molecule has 4 rings (SSSR count). The molecule has 4 aliphatic carbocycles. The lowest BCUT2D eigenvalue weighted by molar-refractivity contribution is -0.164. The number of aliphatic carboxylic acids is 1. The lowest BCUT2D eigenvalue weighted by atomic mass is 9.44. The number of hydrogen-bond acceptors (Lipinski definition) is 5. The fourth-order valence-electron chi connectivity index (χ4n) is 9.40. The minimum Gasteiger partial charge on any atom is -0.481 e. The summed E-state index contributed by atoms with van der Waals surface area (Å²) in [5.41, 5.74) is 0.708. The monoisotopic (exact) mass is 490 g/mol. The molecular weight excluding hydrogens is 444 g/mol. The first-order chi connectivity index (χ1) is 16.6. The van der Waals surface area contributed by atoms with Gasteiger partial charge in [-0.25, -0.2) is 0 Å². The number of methoxy groups -OCH3 is 1. The van der Waals surface area contributed by atoms with Crippen molar-refractivity contribution in [3.05, 3.63) is 0 Å². The topological polar surface area (TPSA) is 89.9 Å².